The number of hydrogen-bond donors (Lipinski definition) is 1. The molecule has 0 aliphatic carbocycles. The van der Waals surface area contributed by atoms with Gasteiger partial charge < -0.3 is 14.6 Å². The molecule has 0 spiro atoms. The molecule has 0 aliphatic heterocycles. The van der Waals surface area contributed by atoms with E-state index in [1.54, 1.807) is 7.05 Å². The number of rotatable bonds is 7. The van der Waals surface area contributed by atoms with Gasteiger partial charge in [-0.15, -0.1) is 0 Å². The lowest BCUT2D eigenvalue weighted by Gasteiger charge is -2.27. The summed E-state index contributed by atoms with van der Waals surface area (Å²) in [5, 5.41) is 6.79. The number of carbonyl (C=O) groups excluding carboxylic acids is 1. The molecule has 2 heterocycles. The zero-order chi connectivity index (χ0) is 24.2. The summed E-state index contributed by atoms with van der Waals surface area (Å²) in [4.78, 5) is 30.8. The number of methoxy groups -OCH3 is 1. The summed E-state index contributed by atoms with van der Waals surface area (Å²) in [6, 6.07) is 17.4. The van der Waals surface area contributed by atoms with Crippen molar-refractivity contribution in [1.82, 2.24) is 14.7 Å². The second-order valence-electron chi connectivity index (χ2n) is 7.78. The molecule has 2 atom stereocenters. The highest BCUT2D eigenvalue weighted by atomic mass is 35.5. The van der Waals surface area contributed by atoms with Crippen molar-refractivity contribution in [2.45, 2.75) is 18.8 Å². The molecule has 0 saturated carbocycles. The average molecular weight is 479 g/mol. The van der Waals surface area contributed by atoms with E-state index in [0.717, 1.165) is 11.1 Å². The van der Waals surface area contributed by atoms with Crippen molar-refractivity contribution in [1.29, 1.82) is 0 Å². The largest absolute Gasteiger partial charge is 0.489 e. The minimum absolute atomic E-state index is 0.125. The van der Waals surface area contributed by atoms with Gasteiger partial charge in [-0.05, 0) is 17.2 Å². The molecule has 174 valence electrons. The van der Waals surface area contributed by atoms with Crippen LogP contribution in [0.4, 0.5) is 5.69 Å². The van der Waals surface area contributed by atoms with Gasteiger partial charge in [-0.1, -0.05) is 72.2 Å². The van der Waals surface area contributed by atoms with E-state index < -0.39 is 11.5 Å². The van der Waals surface area contributed by atoms with E-state index in [9.17, 15) is 9.59 Å². The number of amides is 1. The lowest BCUT2D eigenvalue weighted by molar-refractivity contribution is 0.101. The Morgan fingerprint density at radius 2 is 1.85 bits per heavy atom. The number of benzene rings is 2. The van der Waals surface area contributed by atoms with Crippen LogP contribution in [0.3, 0.4) is 0 Å². The number of anilines is 1. The molecule has 0 aliphatic rings. The minimum Gasteiger partial charge on any atom is -0.489 e. The fourth-order valence-electron chi connectivity index (χ4n) is 4.07. The summed E-state index contributed by atoms with van der Waals surface area (Å²) in [5.41, 5.74) is 1.63. The Morgan fingerprint density at radius 3 is 2.50 bits per heavy atom. The molecule has 4 rings (SSSR count). The second kappa shape index (κ2) is 9.93. The van der Waals surface area contributed by atoms with Gasteiger partial charge in [0.15, 0.2) is 5.69 Å². The smallest absolute Gasteiger partial charge is 0.296 e. The molecule has 1 amide bonds. The van der Waals surface area contributed by atoms with Crippen LogP contribution >= 0.6 is 11.6 Å². The van der Waals surface area contributed by atoms with E-state index in [1.165, 1.54) is 24.1 Å². The van der Waals surface area contributed by atoms with E-state index in [-0.39, 0.29) is 23.3 Å². The molecular weight excluding hydrogens is 456 g/mol. The molecule has 4 aromatic rings. The number of hydrogen-bond acceptors (Lipinski definition) is 6. The molecule has 8 nitrogen and oxygen atoms in total. The summed E-state index contributed by atoms with van der Waals surface area (Å²) in [6.45, 7) is 1.96. The molecule has 0 bridgehead atoms. The average Bonchev–Trinajstić information content (AvgIpc) is 3.35. The SMILES string of the molecule is COc1c(C(=O)Nc2cnoc2)nc(C(C)C(c2ccccc2)c2ccccc2Cl)n(C)c1=O. The number of aromatic nitrogens is 3. The van der Waals surface area contributed by atoms with E-state index in [0.29, 0.717) is 16.5 Å². The van der Waals surface area contributed by atoms with Crippen molar-refractivity contribution < 1.29 is 14.1 Å². The van der Waals surface area contributed by atoms with Crippen LogP contribution in [0.15, 0.2) is 76.4 Å². The van der Waals surface area contributed by atoms with E-state index >= 15 is 0 Å². The van der Waals surface area contributed by atoms with Crippen LogP contribution < -0.4 is 15.6 Å². The maximum atomic E-state index is 13.2. The summed E-state index contributed by atoms with van der Waals surface area (Å²) < 4.78 is 11.4. The van der Waals surface area contributed by atoms with Crippen molar-refractivity contribution >= 4 is 23.2 Å². The number of ether oxygens (including phenoxy) is 1. The van der Waals surface area contributed by atoms with Crippen LogP contribution in [0.2, 0.25) is 5.02 Å². The predicted octanol–water partition coefficient (Wildman–Crippen LogP) is 4.62. The monoisotopic (exact) mass is 478 g/mol. The first-order valence-electron chi connectivity index (χ1n) is 10.6. The van der Waals surface area contributed by atoms with Crippen LogP contribution in [0.1, 0.15) is 46.2 Å². The third kappa shape index (κ3) is 4.45. The van der Waals surface area contributed by atoms with Crippen LogP contribution in [-0.4, -0.2) is 27.7 Å². The lowest BCUT2D eigenvalue weighted by Crippen LogP contribution is -2.31. The van der Waals surface area contributed by atoms with Gasteiger partial charge >= 0.3 is 0 Å². The lowest BCUT2D eigenvalue weighted by atomic mass is 9.81. The Bertz CT molecular complexity index is 1350. The van der Waals surface area contributed by atoms with Crippen LogP contribution in [-0.2, 0) is 7.05 Å². The van der Waals surface area contributed by atoms with Crippen molar-refractivity contribution in [2.75, 3.05) is 12.4 Å². The summed E-state index contributed by atoms with van der Waals surface area (Å²) in [7, 11) is 2.94. The third-order valence-electron chi connectivity index (χ3n) is 5.70. The fraction of sp³-hybridized carbons (Fsp3) is 0.200. The molecule has 2 aromatic heterocycles. The summed E-state index contributed by atoms with van der Waals surface area (Å²) in [6.07, 6.45) is 2.62. The molecule has 2 unspecified atom stereocenters. The highest BCUT2D eigenvalue weighted by molar-refractivity contribution is 6.31. The molecule has 0 saturated heterocycles. The van der Waals surface area contributed by atoms with Gasteiger partial charge in [0.1, 0.15) is 17.8 Å². The number of nitrogens with one attached hydrogen (secondary N) is 1. The fourth-order valence-corrected chi connectivity index (χ4v) is 4.33. The Morgan fingerprint density at radius 1 is 1.15 bits per heavy atom. The Balaban J connectivity index is 1.86. The molecule has 0 radical (unpaired) electrons. The van der Waals surface area contributed by atoms with Gasteiger partial charge in [0.05, 0.1) is 13.3 Å². The zero-order valence-electron chi connectivity index (χ0n) is 18.9. The summed E-state index contributed by atoms with van der Waals surface area (Å²) in [5.74, 6) is -0.903. The minimum atomic E-state index is -0.611. The Kier molecular flexibility index (Phi) is 6.79. The second-order valence-corrected chi connectivity index (χ2v) is 8.19. The Labute approximate surface area is 201 Å². The third-order valence-corrected chi connectivity index (χ3v) is 6.04. The van der Waals surface area contributed by atoms with Crippen LogP contribution in [0.5, 0.6) is 5.75 Å². The van der Waals surface area contributed by atoms with Crippen LogP contribution in [0, 0.1) is 0 Å². The predicted molar refractivity (Wildman–Crippen MR) is 129 cm³/mol. The first kappa shape index (κ1) is 23.3. The molecule has 2 aromatic carbocycles. The van der Waals surface area contributed by atoms with Gasteiger partial charge in [0, 0.05) is 23.9 Å². The van der Waals surface area contributed by atoms with Gasteiger partial charge in [0.25, 0.3) is 11.5 Å². The first-order valence-corrected chi connectivity index (χ1v) is 10.9. The highest BCUT2D eigenvalue weighted by Gasteiger charge is 2.30. The van der Waals surface area contributed by atoms with Crippen molar-refractivity contribution in [3.05, 3.63) is 105 Å². The van der Waals surface area contributed by atoms with Crippen molar-refractivity contribution in [2.24, 2.45) is 7.05 Å². The number of nitrogens with zero attached hydrogens (tertiary/aromatic N) is 3. The maximum Gasteiger partial charge on any atom is 0.296 e. The van der Waals surface area contributed by atoms with E-state index in [4.69, 9.17) is 20.9 Å². The molecule has 1 N–H and O–H groups in total. The zero-order valence-corrected chi connectivity index (χ0v) is 19.6. The standard InChI is InChI=1S/C25H23ClN4O4/c1-15(20(16-9-5-4-6-10-16)18-11-7-8-12-19(18)26)23-29-21(22(33-3)25(32)30(23)2)24(31)28-17-13-27-34-14-17/h4-15,20H,1-3H3,(H,28,31). The molecule has 9 heteroatoms. The van der Waals surface area contributed by atoms with Gasteiger partial charge in [-0.3, -0.25) is 14.2 Å². The van der Waals surface area contributed by atoms with Crippen molar-refractivity contribution in [3.8, 4) is 5.75 Å². The normalized spacial score (nSPS) is 12.7. The summed E-state index contributed by atoms with van der Waals surface area (Å²) >= 11 is 6.59. The van der Waals surface area contributed by atoms with Gasteiger partial charge in [0.2, 0.25) is 5.75 Å². The first-order chi connectivity index (χ1) is 16.4. The Hall–Kier alpha value is -3.91. The highest BCUT2D eigenvalue weighted by Crippen LogP contribution is 2.40. The number of carbonyl (C=O) groups is 1. The van der Waals surface area contributed by atoms with E-state index in [2.05, 4.69) is 15.5 Å². The van der Waals surface area contributed by atoms with Gasteiger partial charge in [-0.2, -0.15) is 0 Å². The van der Waals surface area contributed by atoms with E-state index in [1.807, 2.05) is 61.5 Å². The number of halogens is 1. The molecule has 0 fully saturated rings. The maximum absolute atomic E-state index is 13.2. The topological polar surface area (TPSA) is 99.2 Å². The van der Waals surface area contributed by atoms with Crippen molar-refractivity contribution in [3.63, 3.8) is 0 Å². The molecule has 34 heavy (non-hydrogen) atoms. The molecular formula is C25H23ClN4O4. The van der Waals surface area contributed by atoms with Crippen LogP contribution in [0.25, 0.3) is 0 Å². The quantitative estimate of drug-likeness (QED) is 0.416. The van der Waals surface area contributed by atoms with Gasteiger partial charge in [-0.25, -0.2) is 4.98 Å².